The van der Waals surface area contributed by atoms with Gasteiger partial charge in [-0.25, -0.2) is 14.3 Å². The molecule has 2 rings (SSSR count). The normalized spacial score (nSPS) is 12.4. The number of carbonyl (C=O) groups excluding carboxylic acids is 1. The molecular formula is C12H12F3N3O5S. The van der Waals surface area contributed by atoms with E-state index in [9.17, 15) is 26.4 Å². The molecule has 0 fully saturated rings. The average Bonchev–Trinajstić information content (AvgIpc) is 2.84. The molecule has 0 amide bonds. The Morgan fingerprint density at radius 2 is 2.04 bits per heavy atom. The molecule has 0 aliphatic carbocycles. The molecule has 2 aromatic heterocycles. The minimum absolute atomic E-state index is 0.0110. The number of hydrogen-bond donors (Lipinski definition) is 0. The zero-order valence-electron chi connectivity index (χ0n) is 12.5. The number of nitrogens with zero attached hydrogens (tertiary/aromatic N) is 3. The Bertz CT molecular complexity index is 876. The topological polar surface area (TPSA) is 99.9 Å². The average molecular weight is 367 g/mol. The molecule has 0 spiro atoms. The number of fused-ring (bicyclic) bond motifs is 1. The van der Waals surface area contributed by atoms with E-state index in [-0.39, 0.29) is 12.3 Å². The number of aromatic nitrogens is 3. The molecule has 0 aliphatic heterocycles. The van der Waals surface area contributed by atoms with Crippen LogP contribution in [0.2, 0.25) is 0 Å². The number of ether oxygens (including phenoxy) is 1. The van der Waals surface area contributed by atoms with Gasteiger partial charge >= 0.3 is 21.6 Å². The van der Waals surface area contributed by atoms with Crippen molar-refractivity contribution in [3.05, 3.63) is 23.7 Å². The number of halogens is 3. The highest BCUT2D eigenvalue weighted by Gasteiger charge is 2.49. The molecule has 0 aromatic carbocycles. The van der Waals surface area contributed by atoms with Gasteiger partial charge in [0.1, 0.15) is 5.56 Å². The molecule has 0 bridgehead atoms. The number of alkyl halides is 3. The van der Waals surface area contributed by atoms with Gasteiger partial charge in [-0.05, 0) is 13.3 Å². The van der Waals surface area contributed by atoms with Gasteiger partial charge in [0.2, 0.25) is 5.75 Å². The lowest BCUT2D eigenvalue weighted by Crippen LogP contribution is -2.29. The van der Waals surface area contributed by atoms with Crippen molar-refractivity contribution in [1.82, 2.24) is 14.6 Å². The van der Waals surface area contributed by atoms with Crippen LogP contribution < -0.4 is 4.18 Å². The molecule has 0 radical (unpaired) electrons. The first-order valence-corrected chi connectivity index (χ1v) is 8.00. The summed E-state index contributed by atoms with van der Waals surface area (Å²) >= 11 is 0. The van der Waals surface area contributed by atoms with Gasteiger partial charge in [0, 0.05) is 0 Å². The highest BCUT2D eigenvalue weighted by molar-refractivity contribution is 7.88. The molecule has 0 aliphatic rings. The number of rotatable bonds is 5. The Morgan fingerprint density at radius 1 is 1.38 bits per heavy atom. The standard InChI is InChI=1S/C12H12F3N3O5S/c1-3-4-22-11(19)8-5-16-18-6-7(2)17-10(18)9(8)23-24(20,21)12(13,14)15/h5-6H,3-4H2,1-2H3. The van der Waals surface area contributed by atoms with Crippen LogP contribution in [0.3, 0.4) is 0 Å². The summed E-state index contributed by atoms with van der Waals surface area (Å²) in [6, 6.07) is 0. The first-order valence-electron chi connectivity index (χ1n) is 6.59. The van der Waals surface area contributed by atoms with Crippen LogP contribution in [0.4, 0.5) is 13.2 Å². The lowest BCUT2D eigenvalue weighted by molar-refractivity contribution is -0.0500. The fraction of sp³-hybridized carbons (Fsp3) is 0.417. The van der Waals surface area contributed by atoms with Crippen LogP contribution in [0.1, 0.15) is 29.4 Å². The van der Waals surface area contributed by atoms with E-state index in [0.29, 0.717) is 12.1 Å². The lowest BCUT2D eigenvalue weighted by atomic mass is 10.3. The summed E-state index contributed by atoms with van der Waals surface area (Å²) in [5.41, 5.74) is -6.27. The molecule has 2 aromatic rings. The summed E-state index contributed by atoms with van der Waals surface area (Å²) in [6.45, 7) is 3.20. The first-order chi connectivity index (χ1) is 11.1. The number of imidazole rings is 1. The van der Waals surface area contributed by atoms with E-state index in [4.69, 9.17) is 4.74 Å². The fourth-order valence-electron chi connectivity index (χ4n) is 1.68. The quantitative estimate of drug-likeness (QED) is 0.451. The van der Waals surface area contributed by atoms with Crippen LogP contribution in [0.25, 0.3) is 5.65 Å². The van der Waals surface area contributed by atoms with Gasteiger partial charge in [0.05, 0.1) is 24.7 Å². The number of carbonyl (C=O) groups is 1. The Morgan fingerprint density at radius 3 is 2.62 bits per heavy atom. The van der Waals surface area contributed by atoms with E-state index >= 15 is 0 Å². The van der Waals surface area contributed by atoms with Gasteiger partial charge in [-0.1, -0.05) is 6.92 Å². The van der Waals surface area contributed by atoms with Crippen LogP contribution in [-0.2, 0) is 14.9 Å². The minimum Gasteiger partial charge on any atom is -0.462 e. The van der Waals surface area contributed by atoms with Gasteiger partial charge in [-0.15, -0.1) is 0 Å². The Labute approximate surface area is 134 Å². The smallest absolute Gasteiger partial charge is 0.462 e. The summed E-state index contributed by atoms with van der Waals surface area (Å²) in [5.74, 6) is -1.96. The van der Waals surface area contributed by atoms with Crippen LogP contribution in [-0.4, -0.2) is 41.1 Å². The van der Waals surface area contributed by atoms with Gasteiger partial charge in [0.15, 0.2) is 5.65 Å². The Hall–Kier alpha value is -2.37. The first kappa shape index (κ1) is 18.0. The minimum atomic E-state index is -6.00. The summed E-state index contributed by atoms with van der Waals surface area (Å²) in [7, 11) is -6.00. The molecule has 0 unspecified atom stereocenters. The van der Waals surface area contributed by atoms with Crippen LogP contribution in [0.15, 0.2) is 12.4 Å². The van der Waals surface area contributed by atoms with Crippen molar-refractivity contribution in [2.24, 2.45) is 0 Å². The molecule has 0 atom stereocenters. The molecule has 0 saturated carbocycles. The maximum Gasteiger partial charge on any atom is 0.534 e. The van der Waals surface area contributed by atoms with E-state index in [0.717, 1.165) is 10.7 Å². The molecule has 8 nitrogen and oxygen atoms in total. The van der Waals surface area contributed by atoms with E-state index in [2.05, 4.69) is 14.3 Å². The van der Waals surface area contributed by atoms with Crippen molar-refractivity contribution in [1.29, 1.82) is 0 Å². The molecule has 24 heavy (non-hydrogen) atoms. The van der Waals surface area contributed by atoms with Crippen molar-refractivity contribution < 1.29 is 35.3 Å². The lowest BCUT2D eigenvalue weighted by Gasteiger charge is -2.12. The highest BCUT2D eigenvalue weighted by Crippen LogP contribution is 2.31. The highest BCUT2D eigenvalue weighted by atomic mass is 32.2. The van der Waals surface area contributed by atoms with Crippen molar-refractivity contribution in [3.63, 3.8) is 0 Å². The third kappa shape index (κ3) is 3.42. The SMILES string of the molecule is CCCOC(=O)c1cnn2cc(C)nc2c1OS(=O)(=O)C(F)(F)F. The van der Waals surface area contributed by atoms with Crippen LogP contribution in [0, 0.1) is 6.92 Å². The van der Waals surface area contributed by atoms with Gasteiger partial charge in [0.25, 0.3) is 0 Å². The van der Waals surface area contributed by atoms with Crippen molar-refractivity contribution in [3.8, 4) is 5.75 Å². The fourth-order valence-corrected chi connectivity index (χ4v) is 2.16. The maximum atomic E-state index is 12.6. The molecular weight excluding hydrogens is 355 g/mol. The predicted molar refractivity (Wildman–Crippen MR) is 73.9 cm³/mol. The van der Waals surface area contributed by atoms with Gasteiger partial charge in [-0.3, -0.25) is 0 Å². The predicted octanol–water partition coefficient (Wildman–Crippen LogP) is 1.83. The monoisotopic (exact) mass is 367 g/mol. The number of esters is 1. The van der Waals surface area contributed by atoms with E-state index < -0.39 is 32.9 Å². The Balaban J connectivity index is 2.61. The van der Waals surface area contributed by atoms with Crippen molar-refractivity contribution in [2.45, 2.75) is 25.8 Å². The molecule has 0 saturated heterocycles. The summed E-state index contributed by atoms with van der Waals surface area (Å²) in [5, 5.41) is 3.78. The molecule has 12 heteroatoms. The summed E-state index contributed by atoms with van der Waals surface area (Å²) in [6.07, 6.45) is 2.64. The van der Waals surface area contributed by atoms with Crippen LogP contribution in [0.5, 0.6) is 5.75 Å². The van der Waals surface area contributed by atoms with E-state index in [1.165, 1.54) is 13.1 Å². The summed E-state index contributed by atoms with van der Waals surface area (Å²) in [4.78, 5) is 15.8. The van der Waals surface area contributed by atoms with Crippen LogP contribution >= 0.6 is 0 Å². The number of hydrogen-bond acceptors (Lipinski definition) is 7. The molecule has 132 valence electrons. The second-order valence-electron chi connectivity index (χ2n) is 4.66. The van der Waals surface area contributed by atoms with Gasteiger partial charge < -0.3 is 8.92 Å². The zero-order valence-corrected chi connectivity index (χ0v) is 13.3. The third-order valence-electron chi connectivity index (χ3n) is 2.70. The second kappa shape index (κ2) is 6.26. The largest absolute Gasteiger partial charge is 0.534 e. The van der Waals surface area contributed by atoms with E-state index in [1.54, 1.807) is 6.92 Å². The maximum absolute atomic E-state index is 12.6. The summed E-state index contributed by atoms with van der Waals surface area (Å²) < 4.78 is 70.3. The van der Waals surface area contributed by atoms with Crippen molar-refractivity contribution in [2.75, 3.05) is 6.61 Å². The Kier molecular flexibility index (Phi) is 4.69. The van der Waals surface area contributed by atoms with E-state index in [1.807, 2.05) is 0 Å². The zero-order chi connectivity index (χ0) is 18.1. The number of aryl methyl sites for hydroxylation is 1. The molecule has 0 N–H and O–H groups in total. The third-order valence-corrected chi connectivity index (χ3v) is 3.65. The van der Waals surface area contributed by atoms with Crippen molar-refractivity contribution >= 4 is 21.7 Å². The second-order valence-corrected chi connectivity index (χ2v) is 6.19. The molecule has 2 heterocycles. The van der Waals surface area contributed by atoms with Gasteiger partial charge in [-0.2, -0.15) is 26.7 Å².